The van der Waals surface area contributed by atoms with Gasteiger partial charge in [0.25, 0.3) is 11.8 Å². The fourth-order valence-corrected chi connectivity index (χ4v) is 4.00. The van der Waals surface area contributed by atoms with Gasteiger partial charge < -0.3 is 15.0 Å². The van der Waals surface area contributed by atoms with Gasteiger partial charge in [-0.15, -0.1) is 0 Å². The molecule has 1 aliphatic heterocycles. The summed E-state index contributed by atoms with van der Waals surface area (Å²) >= 11 is 0. The van der Waals surface area contributed by atoms with Gasteiger partial charge in [0.05, 0.1) is 24.4 Å². The molecule has 2 aromatic heterocycles. The van der Waals surface area contributed by atoms with Gasteiger partial charge in [-0.05, 0) is 31.9 Å². The van der Waals surface area contributed by atoms with Crippen LogP contribution in [0.5, 0.6) is 5.75 Å². The lowest BCUT2D eigenvalue weighted by molar-refractivity contribution is 0.0717. The molecule has 0 unspecified atom stereocenters. The number of para-hydroxylation sites is 1. The summed E-state index contributed by atoms with van der Waals surface area (Å²) in [6.07, 6.45) is 4.80. The second-order valence-electron chi connectivity index (χ2n) is 7.72. The van der Waals surface area contributed by atoms with Gasteiger partial charge in [0.15, 0.2) is 5.82 Å². The fourth-order valence-electron chi connectivity index (χ4n) is 4.00. The van der Waals surface area contributed by atoms with E-state index in [0.717, 1.165) is 24.2 Å². The molecule has 0 spiro atoms. The molecule has 166 valence electrons. The van der Waals surface area contributed by atoms with Crippen LogP contribution in [0.3, 0.4) is 0 Å². The zero-order valence-electron chi connectivity index (χ0n) is 18.4. The van der Waals surface area contributed by atoms with Gasteiger partial charge in [-0.3, -0.25) is 14.3 Å². The highest BCUT2D eigenvalue weighted by atomic mass is 16.5. The number of hydrogen-bond acceptors (Lipinski definition) is 6. The molecule has 0 saturated carbocycles. The Kier molecular flexibility index (Phi) is 6.16. The average Bonchev–Trinajstić information content (AvgIpc) is 3.46. The number of benzene rings is 1. The smallest absolute Gasteiger partial charge is 0.272 e. The Morgan fingerprint density at radius 2 is 2.06 bits per heavy atom. The van der Waals surface area contributed by atoms with Gasteiger partial charge in [-0.25, -0.2) is 9.97 Å². The van der Waals surface area contributed by atoms with Gasteiger partial charge in [-0.2, -0.15) is 5.10 Å². The number of ether oxygens (including phenoxy) is 1. The quantitative estimate of drug-likeness (QED) is 0.639. The van der Waals surface area contributed by atoms with E-state index in [9.17, 15) is 9.59 Å². The molecule has 4 rings (SSSR count). The first-order chi connectivity index (χ1) is 15.5. The van der Waals surface area contributed by atoms with Crippen molar-refractivity contribution in [3.63, 3.8) is 0 Å². The number of aryl methyl sites for hydroxylation is 2. The van der Waals surface area contributed by atoms with E-state index in [4.69, 9.17) is 4.74 Å². The van der Waals surface area contributed by atoms with Gasteiger partial charge in [0.2, 0.25) is 0 Å². The Labute approximate surface area is 186 Å². The number of likely N-dealkylation sites (tertiary alicyclic amines) is 1. The Morgan fingerprint density at radius 3 is 2.78 bits per heavy atom. The molecule has 1 atom stereocenters. The van der Waals surface area contributed by atoms with E-state index in [2.05, 4.69) is 20.4 Å². The van der Waals surface area contributed by atoms with Crippen LogP contribution in [0, 0.1) is 6.92 Å². The van der Waals surface area contributed by atoms with Gasteiger partial charge in [-0.1, -0.05) is 18.2 Å². The zero-order valence-corrected chi connectivity index (χ0v) is 18.4. The summed E-state index contributed by atoms with van der Waals surface area (Å²) in [7, 11) is 3.35. The first-order valence-electron chi connectivity index (χ1n) is 10.5. The number of amides is 2. The summed E-state index contributed by atoms with van der Waals surface area (Å²) < 4.78 is 6.90. The van der Waals surface area contributed by atoms with E-state index >= 15 is 0 Å². The highest BCUT2D eigenvalue weighted by Gasteiger charge is 2.34. The van der Waals surface area contributed by atoms with E-state index in [-0.39, 0.29) is 17.9 Å². The molecular weight excluding hydrogens is 408 g/mol. The van der Waals surface area contributed by atoms with Crippen LogP contribution >= 0.6 is 0 Å². The Balaban J connectivity index is 1.48. The maximum atomic E-state index is 13.0. The summed E-state index contributed by atoms with van der Waals surface area (Å²) in [5.74, 6) is 0.925. The number of carbonyl (C=O) groups excluding carboxylic acids is 2. The number of rotatable bonds is 6. The molecule has 1 saturated heterocycles. The van der Waals surface area contributed by atoms with Crippen molar-refractivity contribution in [1.29, 1.82) is 0 Å². The van der Waals surface area contributed by atoms with E-state index < -0.39 is 0 Å². The molecule has 0 bridgehead atoms. The van der Waals surface area contributed by atoms with Crippen LogP contribution < -0.4 is 10.1 Å². The van der Waals surface area contributed by atoms with Crippen molar-refractivity contribution in [3.05, 3.63) is 71.1 Å². The van der Waals surface area contributed by atoms with E-state index in [1.54, 1.807) is 49.1 Å². The number of nitrogens with one attached hydrogen (secondary N) is 1. The van der Waals surface area contributed by atoms with Crippen LogP contribution in [-0.2, 0) is 13.6 Å². The van der Waals surface area contributed by atoms with Crippen LogP contribution in [-0.4, -0.2) is 50.1 Å². The van der Waals surface area contributed by atoms with E-state index in [1.807, 2.05) is 24.3 Å². The van der Waals surface area contributed by atoms with E-state index in [1.165, 1.54) is 0 Å². The number of methoxy groups -OCH3 is 1. The minimum absolute atomic E-state index is 0.0904. The summed E-state index contributed by atoms with van der Waals surface area (Å²) in [6, 6.07) is 9.02. The molecule has 3 aromatic rings. The monoisotopic (exact) mass is 434 g/mol. The topological polar surface area (TPSA) is 102 Å². The maximum absolute atomic E-state index is 13.0. The molecule has 0 radical (unpaired) electrons. The van der Waals surface area contributed by atoms with Crippen LogP contribution in [0.2, 0.25) is 0 Å². The molecule has 2 amide bonds. The first kappa shape index (κ1) is 21.5. The predicted octanol–water partition coefficient (Wildman–Crippen LogP) is 2.43. The van der Waals surface area contributed by atoms with Crippen molar-refractivity contribution < 1.29 is 14.3 Å². The molecular formula is C23H26N6O3. The highest BCUT2D eigenvalue weighted by Crippen LogP contribution is 2.31. The van der Waals surface area contributed by atoms with Crippen LogP contribution in [0.1, 0.15) is 56.8 Å². The first-order valence-corrected chi connectivity index (χ1v) is 10.5. The second kappa shape index (κ2) is 9.17. The van der Waals surface area contributed by atoms with Crippen LogP contribution in [0.4, 0.5) is 0 Å². The lowest BCUT2D eigenvalue weighted by Gasteiger charge is -2.24. The van der Waals surface area contributed by atoms with Crippen LogP contribution in [0.25, 0.3) is 0 Å². The predicted molar refractivity (Wildman–Crippen MR) is 117 cm³/mol. The van der Waals surface area contributed by atoms with Crippen molar-refractivity contribution in [2.24, 2.45) is 7.05 Å². The fraction of sp³-hybridized carbons (Fsp3) is 0.348. The lowest BCUT2D eigenvalue weighted by atomic mass is 10.1. The molecule has 9 heteroatoms. The molecule has 9 nitrogen and oxygen atoms in total. The molecule has 1 aliphatic rings. The molecule has 3 heterocycles. The third-order valence-corrected chi connectivity index (χ3v) is 5.73. The average molecular weight is 435 g/mol. The lowest BCUT2D eigenvalue weighted by Crippen LogP contribution is -2.33. The number of aromatic nitrogens is 4. The minimum Gasteiger partial charge on any atom is -0.496 e. The Hall–Kier alpha value is -3.75. The summed E-state index contributed by atoms with van der Waals surface area (Å²) in [6.45, 7) is 2.75. The van der Waals surface area contributed by atoms with Gasteiger partial charge in [0.1, 0.15) is 11.4 Å². The van der Waals surface area contributed by atoms with E-state index in [0.29, 0.717) is 35.9 Å². The Bertz CT molecular complexity index is 1140. The molecule has 32 heavy (non-hydrogen) atoms. The molecule has 0 aliphatic carbocycles. The van der Waals surface area contributed by atoms with Crippen LogP contribution in [0.15, 0.2) is 42.7 Å². The summed E-state index contributed by atoms with van der Waals surface area (Å²) in [5, 5.41) is 6.99. The highest BCUT2D eigenvalue weighted by molar-refractivity contribution is 5.95. The molecule has 1 aromatic carbocycles. The minimum atomic E-state index is -0.255. The number of hydrogen-bond donors (Lipinski definition) is 1. The Morgan fingerprint density at radius 1 is 1.25 bits per heavy atom. The largest absolute Gasteiger partial charge is 0.496 e. The van der Waals surface area contributed by atoms with Crippen molar-refractivity contribution in [2.45, 2.75) is 32.4 Å². The van der Waals surface area contributed by atoms with Gasteiger partial charge >= 0.3 is 0 Å². The van der Waals surface area contributed by atoms with Crippen molar-refractivity contribution in [1.82, 2.24) is 30.0 Å². The van der Waals surface area contributed by atoms with Crippen molar-refractivity contribution in [2.75, 3.05) is 13.7 Å². The molecule has 1 N–H and O–H groups in total. The SMILES string of the molecule is COc1ccccc1CNC(=O)c1cnc([C@@H]2CCCN2C(=O)c2ccnn2C)nc1C. The van der Waals surface area contributed by atoms with Crippen molar-refractivity contribution in [3.8, 4) is 5.75 Å². The number of nitrogens with zero attached hydrogens (tertiary/aromatic N) is 5. The standard InChI is InChI=1S/C23H26N6O3/c1-15-17(22(30)25-13-16-7-4-5-9-20(16)32-3)14-24-21(27-15)18-8-6-12-29(18)23(31)19-10-11-26-28(19)2/h4-5,7,9-11,14,18H,6,8,12-13H2,1-3H3,(H,25,30)/t18-/m0/s1. The third kappa shape index (κ3) is 4.18. The van der Waals surface area contributed by atoms with Crippen molar-refractivity contribution >= 4 is 11.8 Å². The zero-order chi connectivity index (χ0) is 22.7. The maximum Gasteiger partial charge on any atom is 0.272 e. The third-order valence-electron chi connectivity index (χ3n) is 5.73. The van der Waals surface area contributed by atoms with Gasteiger partial charge in [0, 0.05) is 38.1 Å². The summed E-state index contributed by atoms with van der Waals surface area (Å²) in [5.41, 5.74) is 2.40. The molecule has 1 fully saturated rings. The second-order valence-corrected chi connectivity index (χ2v) is 7.72. The summed E-state index contributed by atoms with van der Waals surface area (Å²) in [4.78, 5) is 36.5. The normalized spacial score (nSPS) is 15.6. The number of carbonyl (C=O) groups is 2.